The molecule has 0 saturated carbocycles. The average molecular weight is 369 g/mol. The Hall–Kier alpha value is -2.01. The van der Waals surface area contributed by atoms with Gasteiger partial charge in [0.2, 0.25) is 0 Å². The normalized spacial score (nSPS) is 10.2. The molecule has 1 aromatic heterocycles. The molecule has 25 heavy (non-hydrogen) atoms. The zero-order valence-corrected chi connectivity index (χ0v) is 15.6. The molecule has 0 saturated heterocycles. The summed E-state index contributed by atoms with van der Waals surface area (Å²) >= 11 is 5.64. The summed E-state index contributed by atoms with van der Waals surface area (Å²) in [6.45, 7) is 5.66. The zero-order valence-electron chi connectivity index (χ0n) is 14.9. The summed E-state index contributed by atoms with van der Waals surface area (Å²) in [7, 11) is 1.55. The summed E-state index contributed by atoms with van der Waals surface area (Å²) in [5, 5.41) is 7.84. The van der Waals surface area contributed by atoms with Crippen LogP contribution in [0.1, 0.15) is 48.9 Å². The molecule has 0 spiro atoms. The van der Waals surface area contributed by atoms with Crippen LogP contribution in [0.3, 0.4) is 0 Å². The van der Waals surface area contributed by atoms with E-state index in [0.717, 1.165) is 29.5 Å². The molecule has 136 valence electrons. The van der Waals surface area contributed by atoms with Crippen molar-refractivity contribution >= 4 is 17.3 Å². The lowest BCUT2D eigenvalue weighted by atomic mass is 10.1. The molecule has 0 atom stereocenters. The maximum atomic E-state index is 12.4. The molecule has 2 aromatic rings. The topological polar surface area (TPSA) is 46.0 Å². The third-order valence-electron chi connectivity index (χ3n) is 3.56. The molecule has 1 N–H and O–H groups in total. The second-order valence-corrected chi connectivity index (χ2v) is 5.96. The minimum Gasteiger partial charge on any atom is -0.496 e. The van der Waals surface area contributed by atoms with Crippen LogP contribution < -0.4 is 4.74 Å². The molecule has 0 aliphatic heterocycles. The fraction of sp³-hybridized carbons (Fsp3) is 0.368. The third kappa shape index (κ3) is 6.42. The first-order chi connectivity index (χ1) is 11.8. The zero-order chi connectivity index (χ0) is 19.0. The number of ether oxygens (including phenoxy) is 1. The number of nitrogens with zero attached hydrogens (tertiary/aromatic N) is 1. The van der Waals surface area contributed by atoms with Crippen molar-refractivity contribution in [3.05, 3.63) is 57.9 Å². The molecule has 1 heterocycles. The van der Waals surface area contributed by atoms with Gasteiger partial charge in [0.25, 0.3) is 6.43 Å². The Morgan fingerprint density at radius 2 is 2.00 bits per heavy atom. The van der Waals surface area contributed by atoms with E-state index >= 15 is 0 Å². The van der Waals surface area contributed by atoms with Crippen molar-refractivity contribution in [3.63, 3.8) is 0 Å². The predicted molar refractivity (Wildman–Crippen MR) is 98.4 cm³/mol. The van der Waals surface area contributed by atoms with Crippen LogP contribution >= 0.6 is 11.6 Å². The first-order valence-electron chi connectivity index (χ1n) is 7.92. The number of alkyl halides is 2. The van der Waals surface area contributed by atoms with Gasteiger partial charge in [0.05, 0.1) is 7.11 Å². The van der Waals surface area contributed by atoms with Crippen molar-refractivity contribution in [1.82, 2.24) is 4.98 Å². The predicted octanol–water partition coefficient (Wildman–Crippen LogP) is 6.02. The maximum Gasteiger partial charge on any atom is 0.263 e. The fourth-order valence-corrected chi connectivity index (χ4v) is 2.53. The van der Waals surface area contributed by atoms with Gasteiger partial charge in [-0.1, -0.05) is 24.9 Å². The number of nitrogens with one attached hydrogen (secondary N) is 1. The molecule has 0 amide bonds. The summed E-state index contributed by atoms with van der Waals surface area (Å²) in [6, 6.07) is 6.29. The Kier molecular flexibility index (Phi) is 8.49. The number of benzene rings is 1. The summed E-state index contributed by atoms with van der Waals surface area (Å²) in [5.41, 5.74) is 3.29. The minimum absolute atomic E-state index is 0.0641. The summed E-state index contributed by atoms with van der Waals surface area (Å²) in [4.78, 5) is 3.89. The highest BCUT2D eigenvalue weighted by molar-refractivity contribution is 6.29. The molecule has 3 nitrogen and oxygen atoms in total. The Labute approximate surface area is 152 Å². The minimum atomic E-state index is -2.41. The highest BCUT2D eigenvalue weighted by Crippen LogP contribution is 2.26. The van der Waals surface area contributed by atoms with Crippen LogP contribution in [0.25, 0.3) is 0 Å². The second kappa shape index (κ2) is 10.1. The lowest BCUT2D eigenvalue weighted by Gasteiger charge is -2.09. The van der Waals surface area contributed by atoms with E-state index in [1.165, 1.54) is 12.1 Å². The highest BCUT2D eigenvalue weighted by atomic mass is 35.5. The Balaban J connectivity index is 0.000000257. The van der Waals surface area contributed by atoms with Crippen LogP contribution in [-0.4, -0.2) is 17.8 Å². The quantitative estimate of drug-likeness (QED) is 0.518. The van der Waals surface area contributed by atoms with Gasteiger partial charge in [-0.15, -0.1) is 0 Å². The van der Waals surface area contributed by atoms with Crippen molar-refractivity contribution in [1.29, 1.82) is 5.41 Å². The van der Waals surface area contributed by atoms with E-state index in [2.05, 4.69) is 4.98 Å². The van der Waals surface area contributed by atoms with Crippen molar-refractivity contribution in [2.45, 2.75) is 40.0 Å². The number of pyridine rings is 1. The lowest BCUT2D eigenvalue weighted by Crippen LogP contribution is -1.96. The Bertz CT molecular complexity index is 721. The highest BCUT2D eigenvalue weighted by Gasteiger charge is 2.10. The monoisotopic (exact) mass is 368 g/mol. The van der Waals surface area contributed by atoms with Crippen LogP contribution in [0.4, 0.5) is 8.78 Å². The van der Waals surface area contributed by atoms with E-state index in [4.69, 9.17) is 21.7 Å². The number of hydrogen-bond acceptors (Lipinski definition) is 3. The number of halogens is 3. The van der Waals surface area contributed by atoms with Gasteiger partial charge < -0.3 is 10.1 Å². The van der Waals surface area contributed by atoms with Crippen LogP contribution in [0.15, 0.2) is 30.5 Å². The van der Waals surface area contributed by atoms with E-state index in [1.54, 1.807) is 32.4 Å². The summed E-state index contributed by atoms with van der Waals surface area (Å²) in [5.74, 6) is 0.691. The van der Waals surface area contributed by atoms with Gasteiger partial charge in [0, 0.05) is 23.0 Å². The largest absolute Gasteiger partial charge is 0.496 e. The first-order valence-corrected chi connectivity index (χ1v) is 8.30. The van der Waals surface area contributed by atoms with Gasteiger partial charge in [0.1, 0.15) is 10.9 Å². The molecule has 6 heteroatoms. The Morgan fingerprint density at radius 3 is 2.48 bits per heavy atom. The standard InChI is InChI=1S/C11H14F2O.C8H9ClN2/c1-3-4-8-7-9(11(12)13)5-6-10(8)14-2;1-5-3-8(9)11-4-7(5)6(2)10/h5-7,11H,3-4H2,1-2H3;3-4,10H,1-2H3. The smallest absolute Gasteiger partial charge is 0.263 e. The maximum absolute atomic E-state index is 12.4. The fourth-order valence-electron chi connectivity index (χ4n) is 2.31. The van der Waals surface area contributed by atoms with Gasteiger partial charge >= 0.3 is 0 Å². The van der Waals surface area contributed by atoms with E-state index in [0.29, 0.717) is 16.6 Å². The van der Waals surface area contributed by atoms with Gasteiger partial charge in [-0.25, -0.2) is 13.8 Å². The molecule has 0 aliphatic rings. The van der Waals surface area contributed by atoms with Gasteiger partial charge in [-0.2, -0.15) is 0 Å². The van der Waals surface area contributed by atoms with Crippen molar-refractivity contribution < 1.29 is 13.5 Å². The van der Waals surface area contributed by atoms with Gasteiger partial charge in [0.15, 0.2) is 0 Å². The average Bonchev–Trinajstić information content (AvgIpc) is 2.55. The van der Waals surface area contributed by atoms with E-state index in [9.17, 15) is 8.78 Å². The van der Waals surface area contributed by atoms with Crippen LogP contribution in [0.5, 0.6) is 5.75 Å². The molecular formula is C19H23ClF2N2O. The SMILES string of the molecule is CC(=N)c1cnc(Cl)cc1C.CCCc1cc(C(F)F)ccc1OC. The van der Waals surface area contributed by atoms with Crippen molar-refractivity contribution in [3.8, 4) is 5.75 Å². The number of hydrogen-bond donors (Lipinski definition) is 1. The molecule has 0 aliphatic carbocycles. The van der Waals surface area contributed by atoms with Gasteiger partial charge in [-0.3, -0.25) is 0 Å². The number of aromatic nitrogens is 1. The third-order valence-corrected chi connectivity index (χ3v) is 3.76. The van der Waals surface area contributed by atoms with E-state index in [1.807, 2.05) is 13.8 Å². The first kappa shape index (κ1) is 21.0. The van der Waals surface area contributed by atoms with E-state index in [-0.39, 0.29) is 5.56 Å². The van der Waals surface area contributed by atoms with Crippen LogP contribution in [-0.2, 0) is 6.42 Å². The molecule has 0 fully saturated rings. The second-order valence-electron chi connectivity index (χ2n) is 5.57. The molecule has 2 rings (SSSR count). The van der Waals surface area contributed by atoms with Crippen LogP contribution in [0.2, 0.25) is 5.15 Å². The van der Waals surface area contributed by atoms with Crippen molar-refractivity contribution in [2.75, 3.05) is 7.11 Å². The summed E-state index contributed by atoms with van der Waals surface area (Å²) < 4.78 is 29.9. The molecule has 0 radical (unpaired) electrons. The number of aryl methyl sites for hydroxylation is 2. The number of methoxy groups -OCH3 is 1. The van der Waals surface area contributed by atoms with Gasteiger partial charge in [-0.05, 0) is 55.7 Å². The molecule has 0 unspecified atom stereocenters. The molecule has 0 bridgehead atoms. The summed E-state index contributed by atoms with van der Waals surface area (Å²) in [6.07, 6.45) is 0.906. The lowest BCUT2D eigenvalue weighted by molar-refractivity contribution is 0.151. The molecule has 1 aromatic carbocycles. The number of rotatable bonds is 5. The van der Waals surface area contributed by atoms with Crippen LogP contribution in [0, 0.1) is 12.3 Å². The Morgan fingerprint density at radius 1 is 1.32 bits per heavy atom. The van der Waals surface area contributed by atoms with E-state index < -0.39 is 6.43 Å². The molecular weight excluding hydrogens is 346 g/mol. The van der Waals surface area contributed by atoms with Crippen molar-refractivity contribution in [2.24, 2.45) is 0 Å².